The first-order chi connectivity index (χ1) is 4.64. The molecule has 1 fully saturated rings. The molecule has 1 atom stereocenters. The van der Waals surface area contributed by atoms with Crippen LogP contribution in [-0.2, 0) is 4.74 Å². The molecule has 0 aromatic rings. The van der Waals surface area contributed by atoms with Gasteiger partial charge in [-0.25, -0.2) is 0 Å². The Bertz CT molecular complexity index is 127. The van der Waals surface area contributed by atoms with Crippen molar-refractivity contribution < 1.29 is 4.74 Å². The van der Waals surface area contributed by atoms with E-state index in [-0.39, 0.29) is 5.60 Å². The van der Waals surface area contributed by atoms with Crippen LogP contribution in [-0.4, -0.2) is 11.7 Å². The smallest absolute Gasteiger partial charge is 0.0760 e. The van der Waals surface area contributed by atoms with Gasteiger partial charge in [0.2, 0.25) is 0 Å². The number of hydrogen-bond donors (Lipinski definition) is 0. The zero-order valence-corrected chi connectivity index (χ0v) is 6.89. The fourth-order valence-electron chi connectivity index (χ4n) is 1.42. The van der Waals surface area contributed by atoms with Crippen LogP contribution in [0.4, 0.5) is 0 Å². The molecule has 10 heavy (non-hydrogen) atoms. The van der Waals surface area contributed by atoms with E-state index in [1.165, 1.54) is 12.8 Å². The summed E-state index contributed by atoms with van der Waals surface area (Å²) in [7, 11) is 0. The van der Waals surface area contributed by atoms with Gasteiger partial charge >= 0.3 is 0 Å². The summed E-state index contributed by atoms with van der Waals surface area (Å²) in [5, 5.41) is 0. The van der Waals surface area contributed by atoms with Gasteiger partial charge in [-0.1, -0.05) is 6.08 Å². The van der Waals surface area contributed by atoms with Crippen molar-refractivity contribution in [1.29, 1.82) is 0 Å². The van der Waals surface area contributed by atoms with E-state index in [1.54, 1.807) is 0 Å². The molecule has 1 nitrogen and oxygen atoms in total. The fraction of sp³-hybridized carbons (Fsp3) is 0.778. The zero-order chi connectivity index (χ0) is 7.61. The Labute approximate surface area is 63.1 Å². The second kappa shape index (κ2) is 2.75. The second-order valence-electron chi connectivity index (χ2n) is 3.54. The first-order valence-corrected chi connectivity index (χ1v) is 3.94. The largest absolute Gasteiger partial charge is 0.368 e. The van der Waals surface area contributed by atoms with E-state index in [1.807, 2.05) is 6.08 Å². The maximum atomic E-state index is 5.70. The monoisotopic (exact) mass is 140 g/mol. The van der Waals surface area contributed by atoms with Gasteiger partial charge in [0.25, 0.3) is 0 Å². The third-order valence-electron chi connectivity index (χ3n) is 2.00. The van der Waals surface area contributed by atoms with Gasteiger partial charge in [0.05, 0.1) is 11.7 Å². The van der Waals surface area contributed by atoms with E-state index in [2.05, 4.69) is 20.4 Å². The summed E-state index contributed by atoms with van der Waals surface area (Å²) < 4.78 is 5.70. The lowest BCUT2D eigenvalue weighted by Crippen LogP contribution is -2.34. The van der Waals surface area contributed by atoms with Gasteiger partial charge in [-0.05, 0) is 33.1 Å². The SMILES string of the molecule is C=CC1CCCC(C)(C)O1. The number of hydrogen-bond acceptors (Lipinski definition) is 1. The Kier molecular flexibility index (Phi) is 2.14. The quantitative estimate of drug-likeness (QED) is 0.508. The highest BCUT2D eigenvalue weighted by Gasteiger charge is 2.26. The summed E-state index contributed by atoms with van der Waals surface area (Å²) in [6.07, 6.45) is 5.79. The van der Waals surface area contributed by atoms with Crippen molar-refractivity contribution in [3.05, 3.63) is 12.7 Å². The van der Waals surface area contributed by atoms with E-state index in [4.69, 9.17) is 4.74 Å². The van der Waals surface area contributed by atoms with Gasteiger partial charge in [-0.2, -0.15) is 0 Å². The molecule has 0 aromatic carbocycles. The summed E-state index contributed by atoms with van der Waals surface area (Å²) in [4.78, 5) is 0. The minimum Gasteiger partial charge on any atom is -0.368 e. The van der Waals surface area contributed by atoms with Crippen LogP contribution < -0.4 is 0 Å². The molecule has 0 amide bonds. The van der Waals surface area contributed by atoms with Gasteiger partial charge in [-0.3, -0.25) is 0 Å². The Balaban J connectivity index is 2.47. The van der Waals surface area contributed by atoms with Gasteiger partial charge in [0.15, 0.2) is 0 Å². The summed E-state index contributed by atoms with van der Waals surface area (Å²) in [5.74, 6) is 0. The molecule has 1 heterocycles. The minimum absolute atomic E-state index is 0.0805. The van der Waals surface area contributed by atoms with Crippen LogP contribution in [0.15, 0.2) is 12.7 Å². The topological polar surface area (TPSA) is 9.23 Å². The summed E-state index contributed by atoms with van der Waals surface area (Å²) in [6.45, 7) is 8.01. The zero-order valence-electron chi connectivity index (χ0n) is 6.89. The summed E-state index contributed by atoms with van der Waals surface area (Å²) in [5.41, 5.74) is 0.0805. The van der Waals surface area contributed by atoms with Gasteiger partial charge in [0.1, 0.15) is 0 Å². The Morgan fingerprint density at radius 3 is 2.70 bits per heavy atom. The van der Waals surface area contributed by atoms with Gasteiger partial charge in [0, 0.05) is 0 Å². The van der Waals surface area contributed by atoms with Crippen LogP contribution in [0.3, 0.4) is 0 Å². The van der Waals surface area contributed by atoms with Crippen LogP contribution in [0.2, 0.25) is 0 Å². The number of rotatable bonds is 1. The van der Waals surface area contributed by atoms with Crippen LogP contribution in [0.5, 0.6) is 0 Å². The predicted octanol–water partition coefficient (Wildman–Crippen LogP) is 2.52. The third kappa shape index (κ3) is 1.84. The maximum Gasteiger partial charge on any atom is 0.0760 e. The molecule has 0 radical (unpaired) electrons. The lowest BCUT2D eigenvalue weighted by molar-refractivity contribution is -0.0856. The fourth-order valence-corrected chi connectivity index (χ4v) is 1.42. The predicted molar refractivity (Wildman–Crippen MR) is 43.0 cm³/mol. The molecule has 0 saturated carbocycles. The summed E-state index contributed by atoms with van der Waals surface area (Å²) >= 11 is 0. The molecule has 1 aliphatic rings. The molecule has 1 unspecified atom stereocenters. The molecule has 0 bridgehead atoms. The highest BCUT2D eigenvalue weighted by atomic mass is 16.5. The lowest BCUT2D eigenvalue weighted by atomic mass is 9.95. The van der Waals surface area contributed by atoms with Crippen molar-refractivity contribution in [1.82, 2.24) is 0 Å². The van der Waals surface area contributed by atoms with E-state index < -0.39 is 0 Å². The van der Waals surface area contributed by atoms with Crippen LogP contribution >= 0.6 is 0 Å². The second-order valence-corrected chi connectivity index (χ2v) is 3.54. The molecule has 0 aromatic heterocycles. The Hall–Kier alpha value is -0.300. The maximum absolute atomic E-state index is 5.70. The molecule has 58 valence electrons. The van der Waals surface area contributed by atoms with Crippen molar-refractivity contribution in [2.45, 2.75) is 44.8 Å². The highest BCUT2D eigenvalue weighted by Crippen LogP contribution is 2.27. The van der Waals surface area contributed by atoms with Crippen LogP contribution in [0.1, 0.15) is 33.1 Å². The Morgan fingerprint density at radius 2 is 2.30 bits per heavy atom. The first-order valence-electron chi connectivity index (χ1n) is 3.94. The molecule has 0 aliphatic carbocycles. The highest BCUT2D eigenvalue weighted by molar-refractivity contribution is 4.87. The van der Waals surface area contributed by atoms with Crippen LogP contribution in [0, 0.1) is 0 Å². The molecular weight excluding hydrogens is 124 g/mol. The van der Waals surface area contributed by atoms with Crippen molar-refractivity contribution in [2.75, 3.05) is 0 Å². The van der Waals surface area contributed by atoms with Crippen molar-refractivity contribution >= 4 is 0 Å². The summed E-state index contributed by atoms with van der Waals surface area (Å²) in [6, 6.07) is 0. The van der Waals surface area contributed by atoms with E-state index >= 15 is 0 Å². The average Bonchev–Trinajstić information content (AvgIpc) is 1.86. The molecule has 1 aliphatic heterocycles. The molecule has 1 rings (SSSR count). The van der Waals surface area contributed by atoms with Crippen molar-refractivity contribution in [3.8, 4) is 0 Å². The number of ether oxygens (including phenoxy) is 1. The van der Waals surface area contributed by atoms with E-state index in [0.29, 0.717) is 6.10 Å². The van der Waals surface area contributed by atoms with Gasteiger partial charge in [-0.15, -0.1) is 6.58 Å². The molecule has 0 spiro atoms. The van der Waals surface area contributed by atoms with Crippen molar-refractivity contribution in [2.24, 2.45) is 0 Å². The van der Waals surface area contributed by atoms with E-state index in [9.17, 15) is 0 Å². The Morgan fingerprint density at radius 1 is 1.60 bits per heavy atom. The molecule has 1 heteroatoms. The lowest BCUT2D eigenvalue weighted by Gasteiger charge is -2.34. The standard InChI is InChI=1S/C9H16O/c1-4-8-6-5-7-9(2,3)10-8/h4,8H,1,5-7H2,2-3H3. The minimum atomic E-state index is 0.0805. The molecular formula is C9H16O. The van der Waals surface area contributed by atoms with E-state index in [0.717, 1.165) is 6.42 Å². The molecule has 1 saturated heterocycles. The molecule has 0 N–H and O–H groups in total. The normalized spacial score (nSPS) is 31.6. The van der Waals surface area contributed by atoms with Crippen LogP contribution in [0.25, 0.3) is 0 Å². The average molecular weight is 140 g/mol. The van der Waals surface area contributed by atoms with Gasteiger partial charge < -0.3 is 4.74 Å². The first kappa shape index (κ1) is 7.80. The third-order valence-corrected chi connectivity index (χ3v) is 2.00. The van der Waals surface area contributed by atoms with Crippen molar-refractivity contribution in [3.63, 3.8) is 0 Å².